The summed E-state index contributed by atoms with van der Waals surface area (Å²) < 4.78 is 55.3. The highest BCUT2D eigenvalue weighted by molar-refractivity contribution is 5.84. The quantitative estimate of drug-likeness (QED) is 0.235. The van der Waals surface area contributed by atoms with Gasteiger partial charge in [-0.15, -0.1) is 0 Å². The maximum absolute atomic E-state index is 14.5. The van der Waals surface area contributed by atoms with Gasteiger partial charge in [-0.3, -0.25) is 14.4 Å². The summed E-state index contributed by atoms with van der Waals surface area (Å²) in [5.41, 5.74) is -0.0572. The summed E-state index contributed by atoms with van der Waals surface area (Å²) in [5, 5.41) is 10.3. The van der Waals surface area contributed by atoms with Crippen LogP contribution in [0.3, 0.4) is 0 Å². The second kappa shape index (κ2) is 15.6. The van der Waals surface area contributed by atoms with E-state index in [-0.39, 0.29) is 29.7 Å². The van der Waals surface area contributed by atoms with Gasteiger partial charge in [-0.1, -0.05) is 12.8 Å². The number of methoxy groups -OCH3 is 2. The zero-order valence-electron chi connectivity index (χ0n) is 28.1. The number of benzene rings is 2. The van der Waals surface area contributed by atoms with E-state index in [1.165, 1.54) is 33.3 Å². The smallest absolute Gasteiger partial charge is 0.418 e. The Kier molecular flexibility index (Phi) is 11.4. The van der Waals surface area contributed by atoms with Crippen LogP contribution in [0, 0.1) is 0 Å². The van der Waals surface area contributed by atoms with Gasteiger partial charge in [0, 0.05) is 62.5 Å². The molecule has 2 aromatic carbocycles. The van der Waals surface area contributed by atoms with Crippen LogP contribution in [0.1, 0.15) is 56.6 Å². The Hall–Kier alpha value is -4.75. The molecule has 2 N–H and O–H groups in total. The van der Waals surface area contributed by atoms with Gasteiger partial charge in [0.15, 0.2) is 0 Å². The van der Waals surface area contributed by atoms with Crippen molar-refractivity contribution in [2.24, 2.45) is 0 Å². The number of hydrogen-bond donors (Lipinski definition) is 2. The average molecular weight is 685 g/mol. The molecule has 2 aliphatic rings. The molecule has 1 fully saturated rings. The average Bonchev–Trinajstić information content (AvgIpc) is 3.76. The molecule has 2 aliphatic heterocycles. The van der Waals surface area contributed by atoms with Crippen LogP contribution in [0.2, 0.25) is 0 Å². The number of unbranched alkanes of at least 4 members (excludes halogenated alkanes) is 3. The molecule has 49 heavy (non-hydrogen) atoms. The lowest BCUT2D eigenvalue weighted by atomic mass is 10.0. The van der Waals surface area contributed by atoms with E-state index in [1.54, 1.807) is 23.1 Å². The summed E-state index contributed by atoms with van der Waals surface area (Å²) in [6.45, 7) is 4.09. The summed E-state index contributed by atoms with van der Waals surface area (Å²) >= 11 is 0. The van der Waals surface area contributed by atoms with Crippen LogP contribution in [0.4, 0.5) is 24.5 Å². The minimum Gasteiger partial charge on any atom is -0.497 e. The van der Waals surface area contributed by atoms with Crippen molar-refractivity contribution in [3.63, 3.8) is 0 Å². The molecule has 3 aromatic rings. The number of alkyl halides is 3. The first-order valence-electron chi connectivity index (χ1n) is 16.6. The van der Waals surface area contributed by atoms with Crippen LogP contribution in [0.25, 0.3) is 16.9 Å². The minimum atomic E-state index is -4.76. The summed E-state index contributed by atoms with van der Waals surface area (Å²) in [4.78, 5) is 42.0. The molecular weight excluding hydrogens is 641 g/mol. The molecule has 1 saturated heterocycles. The monoisotopic (exact) mass is 684 g/mol. The van der Waals surface area contributed by atoms with Gasteiger partial charge in [0.1, 0.15) is 17.2 Å². The Morgan fingerprint density at radius 1 is 0.898 bits per heavy atom. The van der Waals surface area contributed by atoms with Crippen molar-refractivity contribution in [2.45, 2.75) is 58.0 Å². The van der Waals surface area contributed by atoms with Crippen molar-refractivity contribution in [1.82, 2.24) is 20.4 Å². The Balaban J connectivity index is 1.51. The molecule has 0 radical (unpaired) electrons. The largest absolute Gasteiger partial charge is 0.497 e. The van der Waals surface area contributed by atoms with Gasteiger partial charge < -0.3 is 29.9 Å². The maximum atomic E-state index is 14.5. The number of carbonyl (C=O) groups excluding carboxylic acids is 2. The number of aromatic nitrogens is 2. The van der Waals surface area contributed by atoms with Crippen molar-refractivity contribution in [2.75, 3.05) is 63.3 Å². The predicted octanol–water partition coefficient (Wildman–Crippen LogP) is 4.71. The first kappa shape index (κ1) is 35.6. The van der Waals surface area contributed by atoms with E-state index in [4.69, 9.17) is 9.47 Å². The molecular formula is C35H43F3N6O5. The Labute approximate surface area is 283 Å². The van der Waals surface area contributed by atoms with Crippen LogP contribution >= 0.6 is 0 Å². The van der Waals surface area contributed by atoms with E-state index in [1.807, 2.05) is 4.90 Å². The van der Waals surface area contributed by atoms with Crippen LogP contribution in [0.5, 0.6) is 11.5 Å². The van der Waals surface area contributed by atoms with Crippen LogP contribution in [0.15, 0.2) is 41.2 Å². The first-order valence-corrected chi connectivity index (χ1v) is 16.6. The molecule has 264 valence electrons. The van der Waals surface area contributed by atoms with Gasteiger partial charge >= 0.3 is 6.18 Å². The molecule has 0 unspecified atom stereocenters. The highest BCUT2D eigenvalue weighted by Crippen LogP contribution is 2.39. The third kappa shape index (κ3) is 8.46. The lowest BCUT2D eigenvalue weighted by Gasteiger charge is -2.23. The number of fused-ring (bicyclic) bond motifs is 1. The second-order valence-corrected chi connectivity index (χ2v) is 12.3. The lowest BCUT2D eigenvalue weighted by molar-refractivity contribution is -0.137. The molecule has 1 aromatic heterocycles. The van der Waals surface area contributed by atoms with E-state index in [0.29, 0.717) is 73.2 Å². The third-order valence-corrected chi connectivity index (χ3v) is 8.86. The SMILES string of the molecule is COc1cc(OC)cc(-c2nn(-c3cc(N4CCCC4)ccc3C(F)(F)F)c(=O)c3c2CCN3CC(=O)NCCCCCCNC(C)=O)c1. The molecule has 0 aliphatic carbocycles. The number of carbonyl (C=O) groups is 2. The summed E-state index contributed by atoms with van der Waals surface area (Å²) in [6, 6.07) is 8.87. The molecule has 0 spiro atoms. The molecule has 5 rings (SSSR count). The number of ether oxygens (including phenoxy) is 2. The number of nitrogens with zero attached hydrogens (tertiary/aromatic N) is 4. The van der Waals surface area contributed by atoms with Crippen LogP contribution in [-0.4, -0.2) is 75.1 Å². The number of halogens is 3. The fourth-order valence-electron chi connectivity index (χ4n) is 6.40. The molecule has 0 saturated carbocycles. The fourth-order valence-corrected chi connectivity index (χ4v) is 6.40. The maximum Gasteiger partial charge on any atom is 0.418 e. The van der Waals surface area contributed by atoms with Gasteiger partial charge in [0.25, 0.3) is 5.56 Å². The van der Waals surface area contributed by atoms with E-state index in [9.17, 15) is 27.6 Å². The summed E-state index contributed by atoms with van der Waals surface area (Å²) in [7, 11) is 2.98. The molecule has 0 bridgehead atoms. The van der Waals surface area contributed by atoms with Gasteiger partial charge in [0.05, 0.1) is 37.7 Å². The van der Waals surface area contributed by atoms with Crippen molar-refractivity contribution in [3.05, 3.63) is 57.9 Å². The van der Waals surface area contributed by atoms with E-state index in [0.717, 1.165) is 49.3 Å². The molecule has 11 nitrogen and oxygen atoms in total. The number of amides is 2. The molecule has 14 heteroatoms. The third-order valence-electron chi connectivity index (χ3n) is 8.86. The molecule has 2 amide bonds. The summed E-state index contributed by atoms with van der Waals surface area (Å²) in [5.74, 6) is 0.522. The number of anilines is 2. The van der Waals surface area contributed by atoms with E-state index < -0.39 is 17.3 Å². The predicted molar refractivity (Wildman–Crippen MR) is 181 cm³/mol. The summed E-state index contributed by atoms with van der Waals surface area (Å²) in [6.07, 6.45) is 0.796. The fraction of sp³-hybridized carbons (Fsp3) is 0.486. The second-order valence-electron chi connectivity index (χ2n) is 12.3. The Morgan fingerprint density at radius 3 is 2.16 bits per heavy atom. The number of rotatable bonds is 14. The van der Waals surface area contributed by atoms with Gasteiger partial charge in [-0.05, 0) is 62.4 Å². The molecule has 0 atom stereocenters. The Morgan fingerprint density at radius 2 is 1.55 bits per heavy atom. The standard InChI is InChI=1S/C35H43F3N6O5/c1-23(45)39-13-6-4-5-7-14-40-31(46)22-43-17-12-28-32(24-18-26(48-2)21-27(19-24)49-3)41-44(34(47)33(28)43)30-20-25(42-15-8-9-16-42)10-11-29(30)35(36,37)38/h10-11,18-21H,4-9,12-17,22H2,1-3H3,(H,39,45)(H,40,46). The topological polar surface area (TPSA) is 118 Å². The van der Waals surface area contributed by atoms with Crippen LogP contribution in [-0.2, 0) is 22.2 Å². The zero-order valence-corrected chi connectivity index (χ0v) is 28.1. The van der Waals surface area contributed by atoms with E-state index >= 15 is 0 Å². The van der Waals surface area contributed by atoms with Gasteiger partial charge in [-0.2, -0.15) is 23.0 Å². The van der Waals surface area contributed by atoms with Crippen molar-refractivity contribution >= 4 is 23.2 Å². The van der Waals surface area contributed by atoms with Crippen LogP contribution < -0.4 is 35.5 Å². The minimum absolute atomic E-state index is 0.0648. The zero-order chi connectivity index (χ0) is 35.1. The van der Waals surface area contributed by atoms with E-state index in [2.05, 4.69) is 15.7 Å². The lowest BCUT2D eigenvalue weighted by Crippen LogP contribution is -2.39. The normalized spacial score (nSPS) is 14.2. The van der Waals surface area contributed by atoms with Crippen molar-refractivity contribution in [1.29, 1.82) is 0 Å². The highest BCUT2D eigenvalue weighted by Gasteiger charge is 2.37. The van der Waals surface area contributed by atoms with Gasteiger partial charge in [0.2, 0.25) is 11.8 Å². The number of hydrogen-bond acceptors (Lipinski definition) is 8. The van der Waals surface area contributed by atoms with Crippen molar-refractivity contribution < 1.29 is 32.2 Å². The highest BCUT2D eigenvalue weighted by atomic mass is 19.4. The Bertz CT molecular complexity index is 1700. The van der Waals surface area contributed by atoms with Crippen molar-refractivity contribution in [3.8, 4) is 28.4 Å². The van der Waals surface area contributed by atoms with Gasteiger partial charge in [-0.25, -0.2) is 0 Å². The molecule has 3 heterocycles. The first-order chi connectivity index (χ1) is 23.5. The number of nitrogens with one attached hydrogen (secondary N) is 2.